The second-order valence-corrected chi connectivity index (χ2v) is 6.95. The lowest BCUT2D eigenvalue weighted by Gasteiger charge is -2.33. The molecule has 1 fully saturated rings. The molecule has 0 aliphatic carbocycles. The van der Waals surface area contributed by atoms with Crippen LogP contribution >= 0.6 is 0 Å². The van der Waals surface area contributed by atoms with Crippen LogP contribution < -0.4 is 9.47 Å². The lowest BCUT2D eigenvalue weighted by atomic mass is 9.98. The number of alkyl halides is 2. The number of hydrogen-bond acceptors (Lipinski definition) is 3. The molecular weight excluding hydrogens is 421 g/mol. The van der Waals surface area contributed by atoms with Crippen LogP contribution in [0.25, 0.3) is 0 Å². The Morgan fingerprint density at radius 3 is 2.23 bits per heavy atom. The highest BCUT2D eigenvalue weighted by molar-refractivity contribution is 5.30. The molecule has 3 rings (SSSR count). The highest BCUT2D eigenvalue weighted by atomic mass is 19.3. The van der Waals surface area contributed by atoms with E-state index in [0.717, 1.165) is 0 Å². The van der Waals surface area contributed by atoms with Gasteiger partial charge in [-0.2, -0.15) is 13.2 Å². The highest BCUT2D eigenvalue weighted by Gasteiger charge is 2.46. The monoisotopic (exact) mass is 438 g/mol. The smallest absolute Gasteiger partial charge is 0.424 e. The summed E-state index contributed by atoms with van der Waals surface area (Å²) >= 11 is 0. The molecule has 0 bridgehead atoms. The van der Waals surface area contributed by atoms with Crippen LogP contribution in [0.3, 0.4) is 0 Å². The summed E-state index contributed by atoms with van der Waals surface area (Å²) in [5, 5.41) is 0. The third kappa shape index (κ3) is 4.80. The van der Waals surface area contributed by atoms with Crippen LogP contribution in [0.2, 0.25) is 0 Å². The van der Waals surface area contributed by atoms with E-state index >= 15 is 0 Å². The molecule has 2 aromatic rings. The molecule has 1 heterocycles. The van der Waals surface area contributed by atoms with E-state index in [-0.39, 0.29) is 43.3 Å². The zero-order valence-corrected chi connectivity index (χ0v) is 15.7. The third-order valence-electron chi connectivity index (χ3n) is 4.67. The van der Waals surface area contributed by atoms with E-state index in [1.54, 1.807) is 0 Å². The van der Waals surface area contributed by atoms with Crippen molar-refractivity contribution in [1.29, 1.82) is 0 Å². The number of aryl methyl sites for hydroxylation is 1. The van der Waals surface area contributed by atoms with E-state index in [2.05, 4.69) is 4.74 Å². The fourth-order valence-electron chi connectivity index (χ4n) is 2.96. The molecule has 0 spiro atoms. The SMILES string of the molecule is Cc1ccc(OCC2CCC(C(F)(F)Oc3cc(F)c(F)c(F)c3)OC2)c(F)c1F. The summed E-state index contributed by atoms with van der Waals surface area (Å²) in [5.74, 6) is -8.85. The summed E-state index contributed by atoms with van der Waals surface area (Å²) in [7, 11) is 0. The van der Waals surface area contributed by atoms with Crippen molar-refractivity contribution in [2.45, 2.75) is 32.0 Å². The van der Waals surface area contributed by atoms with Crippen molar-refractivity contribution >= 4 is 0 Å². The van der Waals surface area contributed by atoms with Gasteiger partial charge in [0.15, 0.2) is 35.1 Å². The Hall–Kier alpha value is -2.49. The molecule has 1 aliphatic heterocycles. The molecule has 0 N–H and O–H groups in total. The lowest BCUT2D eigenvalue weighted by molar-refractivity contribution is -0.265. The molecule has 3 nitrogen and oxygen atoms in total. The maximum atomic E-state index is 14.3. The van der Waals surface area contributed by atoms with Gasteiger partial charge in [-0.15, -0.1) is 0 Å². The summed E-state index contributed by atoms with van der Waals surface area (Å²) in [6, 6.07) is 3.23. The van der Waals surface area contributed by atoms with E-state index in [1.165, 1.54) is 19.1 Å². The van der Waals surface area contributed by atoms with Crippen molar-refractivity contribution < 1.29 is 44.9 Å². The van der Waals surface area contributed by atoms with Crippen LogP contribution in [0.1, 0.15) is 18.4 Å². The first-order valence-electron chi connectivity index (χ1n) is 8.99. The van der Waals surface area contributed by atoms with E-state index < -0.39 is 47.0 Å². The van der Waals surface area contributed by atoms with Crippen molar-refractivity contribution in [3.8, 4) is 11.5 Å². The normalized spacial score (nSPS) is 19.6. The average molecular weight is 438 g/mol. The number of rotatable bonds is 6. The van der Waals surface area contributed by atoms with Crippen LogP contribution in [-0.2, 0) is 4.74 Å². The van der Waals surface area contributed by atoms with Crippen LogP contribution in [0.4, 0.5) is 30.7 Å². The third-order valence-corrected chi connectivity index (χ3v) is 4.67. The molecule has 2 aromatic carbocycles. The standard InChI is InChI=1S/C20H17F7O3/c1-10-2-4-15(19(25)17(10)23)28-8-11-3-5-16(29-9-11)20(26,27)30-12-6-13(21)18(24)14(22)7-12/h2,4,6-7,11,16H,3,5,8-9H2,1H3. The quantitative estimate of drug-likeness (QED) is 0.438. The molecule has 0 aromatic heterocycles. The van der Waals surface area contributed by atoms with E-state index in [4.69, 9.17) is 9.47 Å². The molecule has 10 heteroatoms. The Morgan fingerprint density at radius 2 is 1.63 bits per heavy atom. The second kappa shape index (κ2) is 8.71. The van der Waals surface area contributed by atoms with Crippen molar-refractivity contribution in [2.24, 2.45) is 5.92 Å². The van der Waals surface area contributed by atoms with Gasteiger partial charge < -0.3 is 14.2 Å². The predicted octanol–water partition coefficient (Wildman–Crippen LogP) is 5.54. The first-order chi connectivity index (χ1) is 14.1. The van der Waals surface area contributed by atoms with Gasteiger partial charge in [0.2, 0.25) is 5.82 Å². The minimum Gasteiger partial charge on any atom is -0.490 e. The first kappa shape index (κ1) is 22.2. The minimum absolute atomic E-state index is 0.0903. The molecule has 1 saturated heterocycles. The van der Waals surface area contributed by atoms with Crippen LogP contribution in [0.5, 0.6) is 11.5 Å². The maximum Gasteiger partial charge on any atom is 0.424 e. The maximum absolute atomic E-state index is 14.3. The molecule has 2 unspecified atom stereocenters. The molecule has 0 amide bonds. The first-order valence-corrected chi connectivity index (χ1v) is 8.99. The molecule has 1 aliphatic rings. The minimum atomic E-state index is -3.94. The van der Waals surface area contributed by atoms with Crippen molar-refractivity contribution in [1.82, 2.24) is 0 Å². The Morgan fingerprint density at radius 1 is 0.967 bits per heavy atom. The Bertz CT molecular complexity index is 889. The Kier molecular flexibility index (Phi) is 6.44. The summed E-state index contributed by atoms with van der Waals surface area (Å²) in [6.45, 7) is 1.12. The molecule has 0 saturated carbocycles. The fourth-order valence-corrected chi connectivity index (χ4v) is 2.96. The van der Waals surface area contributed by atoms with Gasteiger partial charge in [0.1, 0.15) is 5.75 Å². The van der Waals surface area contributed by atoms with Crippen LogP contribution in [0, 0.1) is 41.9 Å². The Balaban J connectivity index is 1.55. The van der Waals surface area contributed by atoms with Crippen molar-refractivity contribution in [3.63, 3.8) is 0 Å². The highest BCUT2D eigenvalue weighted by Crippen LogP contribution is 2.34. The summed E-state index contributed by atoms with van der Waals surface area (Å²) in [6.07, 6.45) is -5.67. The molecule has 30 heavy (non-hydrogen) atoms. The van der Waals surface area contributed by atoms with Gasteiger partial charge in [0.05, 0.1) is 13.2 Å². The average Bonchev–Trinajstić information content (AvgIpc) is 2.70. The number of ether oxygens (including phenoxy) is 3. The largest absolute Gasteiger partial charge is 0.490 e. The van der Waals surface area contributed by atoms with Crippen LogP contribution in [-0.4, -0.2) is 25.4 Å². The topological polar surface area (TPSA) is 27.7 Å². The molecule has 2 atom stereocenters. The van der Waals surface area contributed by atoms with E-state index in [9.17, 15) is 30.7 Å². The van der Waals surface area contributed by atoms with Crippen molar-refractivity contribution in [2.75, 3.05) is 13.2 Å². The van der Waals surface area contributed by atoms with Gasteiger partial charge in [-0.3, -0.25) is 0 Å². The van der Waals surface area contributed by atoms with Gasteiger partial charge in [-0.25, -0.2) is 17.6 Å². The molecule has 0 radical (unpaired) electrons. The molecule has 164 valence electrons. The number of benzene rings is 2. The summed E-state index contributed by atoms with van der Waals surface area (Å²) < 4.78 is 110. The van der Waals surface area contributed by atoms with Gasteiger partial charge >= 0.3 is 6.11 Å². The Labute approximate surface area is 167 Å². The number of hydrogen-bond donors (Lipinski definition) is 0. The van der Waals surface area contributed by atoms with Gasteiger partial charge in [-0.1, -0.05) is 6.07 Å². The summed E-state index contributed by atoms with van der Waals surface area (Å²) in [4.78, 5) is 0. The zero-order valence-electron chi connectivity index (χ0n) is 15.7. The lowest BCUT2D eigenvalue weighted by Crippen LogP contribution is -2.45. The van der Waals surface area contributed by atoms with Gasteiger partial charge in [-0.05, 0) is 31.4 Å². The van der Waals surface area contributed by atoms with Crippen LogP contribution in [0.15, 0.2) is 24.3 Å². The van der Waals surface area contributed by atoms with Gasteiger partial charge in [0, 0.05) is 18.1 Å². The summed E-state index contributed by atoms with van der Waals surface area (Å²) in [5.41, 5.74) is 0.117. The van der Waals surface area contributed by atoms with E-state index in [0.29, 0.717) is 12.1 Å². The second-order valence-electron chi connectivity index (χ2n) is 6.95. The van der Waals surface area contributed by atoms with Crippen molar-refractivity contribution in [3.05, 3.63) is 58.9 Å². The fraction of sp³-hybridized carbons (Fsp3) is 0.400. The predicted molar refractivity (Wildman–Crippen MR) is 90.9 cm³/mol. The van der Waals surface area contributed by atoms with Gasteiger partial charge in [0.25, 0.3) is 0 Å². The molecular formula is C20H17F7O3. The number of halogens is 7. The van der Waals surface area contributed by atoms with E-state index in [1.807, 2.05) is 0 Å². The zero-order chi connectivity index (χ0) is 22.1.